The van der Waals surface area contributed by atoms with Gasteiger partial charge in [0.15, 0.2) is 0 Å². The standard InChI is InChI=1S/C17H30N2O/c1-12-6-7-15(18)10-16(12)17(20)19-9-8-13-4-2-3-5-14(13)11-19/h12-16H,2-11,18H2,1H3. The van der Waals surface area contributed by atoms with Gasteiger partial charge in [-0.2, -0.15) is 0 Å². The van der Waals surface area contributed by atoms with Crippen LogP contribution >= 0.6 is 0 Å². The van der Waals surface area contributed by atoms with E-state index >= 15 is 0 Å². The van der Waals surface area contributed by atoms with Crippen LogP contribution in [0.4, 0.5) is 0 Å². The van der Waals surface area contributed by atoms with Crippen LogP contribution in [0.3, 0.4) is 0 Å². The largest absolute Gasteiger partial charge is 0.342 e. The van der Waals surface area contributed by atoms with Gasteiger partial charge in [0.2, 0.25) is 5.91 Å². The Labute approximate surface area is 123 Å². The first-order valence-electron chi connectivity index (χ1n) is 8.69. The van der Waals surface area contributed by atoms with Crippen molar-refractivity contribution in [3.05, 3.63) is 0 Å². The number of hydrogen-bond acceptors (Lipinski definition) is 2. The monoisotopic (exact) mass is 278 g/mol. The van der Waals surface area contributed by atoms with E-state index in [4.69, 9.17) is 5.73 Å². The van der Waals surface area contributed by atoms with Crippen LogP contribution in [0.25, 0.3) is 0 Å². The first kappa shape index (κ1) is 14.4. The zero-order chi connectivity index (χ0) is 14.1. The fourth-order valence-electron chi connectivity index (χ4n) is 4.73. The number of carbonyl (C=O) groups excluding carboxylic acids is 1. The summed E-state index contributed by atoms with van der Waals surface area (Å²) in [4.78, 5) is 15.0. The quantitative estimate of drug-likeness (QED) is 0.801. The van der Waals surface area contributed by atoms with E-state index in [1.165, 1.54) is 32.1 Å². The van der Waals surface area contributed by atoms with Gasteiger partial charge in [0.25, 0.3) is 0 Å². The van der Waals surface area contributed by atoms with Gasteiger partial charge in [-0.15, -0.1) is 0 Å². The molecule has 1 saturated heterocycles. The molecule has 0 radical (unpaired) electrons. The molecular weight excluding hydrogens is 248 g/mol. The minimum absolute atomic E-state index is 0.193. The Morgan fingerprint density at radius 2 is 1.80 bits per heavy atom. The summed E-state index contributed by atoms with van der Waals surface area (Å²) in [7, 11) is 0. The number of nitrogens with two attached hydrogens (primary N) is 1. The Morgan fingerprint density at radius 1 is 1.05 bits per heavy atom. The molecule has 0 spiro atoms. The first-order valence-corrected chi connectivity index (χ1v) is 8.69. The normalized spacial score (nSPS) is 42.1. The van der Waals surface area contributed by atoms with Crippen molar-refractivity contribution in [1.82, 2.24) is 4.90 Å². The molecule has 1 heterocycles. The second kappa shape index (κ2) is 6.05. The fraction of sp³-hybridized carbons (Fsp3) is 0.941. The van der Waals surface area contributed by atoms with E-state index in [9.17, 15) is 4.79 Å². The molecular formula is C17H30N2O. The van der Waals surface area contributed by atoms with E-state index in [2.05, 4.69) is 11.8 Å². The van der Waals surface area contributed by atoms with Crippen LogP contribution in [-0.4, -0.2) is 29.9 Å². The summed E-state index contributed by atoms with van der Waals surface area (Å²) in [5.74, 6) is 2.81. The van der Waals surface area contributed by atoms with Gasteiger partial charge in [-0.3, -0.25) is 4.79 Å². The average Bonchev–Trinajstić information content (AvgIpc) is 2.48. The molecule has 114 valence electrons. The maximum atomic E-state index is 12.9. The van der Waals surface area contributed by atoms with Crippen LogP contribution in [0.15, 0.2) is 0 Å². The molecule has 20 heavy (non-hydrogen) atoms. The van der Waals surface area contributed by atoms with Crippen molar-refractivity contribution in [3.63, 3.8) is 0 Å². The number of fused-ring (bicyclic) bond motifs is 1. The molecule has 3 aliphatic rings. The lowest BCUT2D eigenvalue weighted by Gasteiger charge is -2.43. The Balaban J connectivity index is 1.62. The van der Waals surface area contributed by atoms with Crippen molar-refractivity contribution >= 4 is 5.91 Å². The molecule has 1 amide bonds. The molecule has 0 aromatic carbocycles. The molecule has 2 N–H and O–H groups in total. The smallest absolute Gasteiger partial charge is 0.226 e. The maximum absolute atomic E-state index is 12.9. The highest BCUT2D eigenvalue weighted by atomic mass is 16.2. The van der Waals surface area contributed by atoms with Crippen LogP contribution in [-0.2, 0) is 4.79 Å². The van der Waals surface area contributed by atoms with Crippen molar-refractivity contribution in [1.29, 1.82) is 0 Å². The van der Waals surface area contributed by atoms with E-state index in [1.54, 1.807) is 0 Å². The first-order chi connectivity index (χ1) is 9.65. The second-order valence-electron chi connectivity index (χ2n) is 7.53. The summed E-state index contributed by atoms with van der Waals surface area (Å²) in [6.07, 6.45) is 9.88. The predicted molar refractivity (Wildman–Crippen MR) is 81.1 cm³/mol. The van der Waals surface area contributed by atoms with Gasteiger partial charge in [0.05, 0.1) is 0 Å². The number of hydrogen-bond donors (Lipinski definition) is 1. The van der Waals surface area contributed by atoms with Gasteiger partial charge in [0, 0.05) is 25.0 Å². The summed E-state index contributed by atoms with van der Waals surface area (Å²) < 4.78 is 0. The summed E-state index contributed by atoms with van der Waals surface area (Å²) in [6.45, 7) is 4.27. The van der Waals surface area contributed by atoms with Crippen molar-refractivity contribution in [3.8, 4) is 0 Å². The van der Waals surface area contributed by atoms with Crippen LogP contribution in [0.2, 0.25) is 0 Å². The molecule has 2 saturated carbocycles. The number of rotatable bonds is 1. The van der Waals surface area contributed by atoms with Crippen molar-refractivity contribution in [2.24, 2.45) is 29.4 Å². The number of likely N-dealkylation sites (tertiary alicyclic amines) is 1. The Morgan fingerprint density at radius 3 is 2.60 bits per heavy atom. The Kier molecular flexibility index (Phi) is 4.34. The Hall–Kier alpha value is -0.570. The lowest BCUT2D eigenvalue weighted by atomic mass is 9.73. The zero-order valence-electron chi connectivity index (χ0n) is 12.9. The van der Waals surface area contributed by atoms with Crippen molar-refractivity contribution in [2.75, 3.05) is 13.1 Å². The predicted octanol–water partition coefficient (Wildman–Crippen LogP) is 2.79. The van der Waals surface area contributed by atoms with Gasteiger partial charge in [0.1, 0.15) is 0 Å². The molecule has 2 aliphatic carbocycles. The SMILES string of the molecule is CC1CCC(N)CC1C(=O)N1CCC2CCCCC2C1. The fourth-order valence-corrected chi connectivity index (χ4v) is 4.73. The van der Waals surface area contributed by atoms with Gasteiger partial charge >= 0.3 is 0 Å². The van der Waals surface area contributed by atoms with Crippen molar-refractivity contribution < 1.29 is 4.79 Å². The summed E-state index contributed by atoms with van der Waals surface area (Å²) in [5, 5.41) is 0. The van der Waals surface area contributed by atoms with E-state index in [0.717, 1.165) is 44.2 Å². The molecule has 3 heteroatoms. The number of amides is 1. The van der Waals surface area contributed by atoms with Crippen molar-refractivity contribution in [2.45, 2.75) is 64.3 Å². The van der Waals surface area contributed by atoms with Gasteiger partial charge < -0.3 is 10.6 Å². The lowest BCUT2D eigenvalue weighted by Crippen LogP contribution is -2.49. The van der Waals surface area contributed by atoms with E-state index in [1.807, 2.05) is 0 Å². The molecule has 0 aromatic heterocycles. The van der Waals surface area contributed by atoms with E-state index in [0.29, 0.717) is 11.8 Å². The molecule has 5 atom stereocenters. The highest BCUT2D eigenvalue weighted by molar-refractivity contribution is 5.79. The zero-order valence-corrected chi connectivity index (χ0v) is 12.9. The Bertz CT molecular complexity index is 357. The lowest BCUT2D eigenvalue weighted by molar-refractivity contribution is -0.141. The van der Waals surface area contributed by atoms with Crippen LogP contribution in [0, 0.1) is 23.7 Å². The third kappa shape index (κ3) is 2.88. The van der Waals surface area contributed by atoms with Gasteiger partial charge in [-0.1, -0.05) is 26.2 Å². The third-order valence-electron chi connectivity index (χ3n) is 6.16. The molecule has 3 rings (SSSR count). The molecule has 3 fully saturated rings. The van der Waals surface area contributed by atoms with Crippen LogP contribution in [0.1, 0.15) is 58.3 Å². The van der Waals surface area contributed by atoms with Crippen LogP contribution in [0.5, 0.6) is 0 Å². The van der Waals surface area contributed by atoms with Gasteiger partial charge in [-0.05, 0) is 49.9 Å². The molecule has 3 nitrogen and oxygen atoms in total. The third-order valence-corrected chi connectivity index (χ3v) is 6.16. The molecule has 5 unspecified atom stereocenters. The summed E-state index contributed by atoms with van der Waals surface area (Å²) >= 11 is 0. The number of piperidine rings is 1. The molecule has 0 bridgehead atoms. The molecule has 0 aromatic rings. The minimum atomic E-state index is 0.193. The minimum Gasteiger partial charge on any atom is -0.342 e. The van der Waals surface area contributed by atoms with E-state index in [-0.39, 0.29) is 12.0 Å². The summed E-state index contributed by atoms with van der Waals surface area (Å²) in [6, 6.07) is 0.243. The second-order valence-corrected chi connectivity index (χ2v) is 7.53. The highest BCUT2D eigenvalue weighted by Crippen LogP contribution is 2.38. The average molecular weight is 278 g/mol. The summed E-state index contributed by atoms with van der Waals surface area (Å²) in [5.41, 5.74) is 6.09. The number of carbonyl (C=O) groups is 1. The highest BCUT2D eigenvalue weighted by Gasteiger charge is 2.38. The van der Waals surface area contributed by atoms with E-state index < -0.39 is 0 Å². The maximum Gasteiger partial charge on any atom is 0.226 e. The number of nitrogens with zero attached hydrogens (tertiary/aromatic N) is 1. The van der Waals surface area contributed by atoms with Gasteiger partial charge in [-0.25, -0.2) is 0 Å². The topological polar surface area (TPSA) is 46.3 Å². The molecule has 1 aliphatic heterocycles. The van der Waals surface area contributed by atoms with Crippen LogP contribution < -0.4 is 5.73 Å².